The lowest BCUT2D eigenvalue weighted by Gasteiger charge is -2.59. The molecule has 1 N–H and O–H groups in total. The Morgan fingerprint density at radius 3 is 1.94 bits per heavy atom. The van der Waals surface area contributed by atoms with Crippen LogP contribution in [0.25, 0.3) is 0 Å². The molecule has 1 saturated heterocycles. The molecule has 10 bridgehead atoms. The third-order valence-corrected chi connectivity index (χ3v) is 17.9. The van der Waals surface area contributed by atoms with Crippen LogP contribution in [0.1, 0.15) is 157 Å². The van der Waals surface area contributed by atoms with Crippen molar-refractivity contribution < 1.29 is 43.2 Å². The zero-order valence-corrected chi connectivity index (χ0v) is 33.8. The number of ether oxygens (including phenoxy) is 4. The van der Waals surface area contributed by atoms with Gasteiger partial charge in [0.15, 0.2) is 0 Å². The second-order valence-corrected chi connectivity index (χ2v) is 22.3. The number of carbonyl (C=O) groups is 4. The molecule has 9 nitrogen and oxygen atoms in total. The molecule has 10 aliphatic carbocycles. The molecular weight excluding hydrogens is 684 g/mol. The number of rotatable bonds is 13. The molecule has 0 amide bonds. The molecule has 11 fully saturated rings. The summed E-state index contributed by atoms with van der Waals surface area (Å²) in [6, 6.07) is 0. The van der Waals surface area contributed by atoms with E-state index in [1.165, 1.54) is 6.42 Å². The zero-order valence-electron chi connectivity index (χ0n) is 33.8. The van der Waals surface area contributed by atoms with Gasteiger partial charge in [-0.1, -0.05) is 6.92 Å². The fraction of sp³-hybridized carbons (Fsp3) is 0.911. The highest BCUT2D eigenvalue weighted by molar-refractivity contribution is 5.80. The zero-order chi connectivity index (χ0) is 38.2. The van der Waals surface area contributed by atoms with Gasteiger partial charge in [0.05, 0.1) is 27.8 Å². The van der Waals surface area contributed by atoms with Crippen LogP contribution in [-0.2, 0) is 38.1 Å². The first kappa shape index (κ1) is 37.4. The van der Waals surface area contributed by atoms with Crippen LogP contribution in [0, 0.1) is 69.5 Å². The van der Waals surface area contributed by atoms with E-state index in [4.69, 9.17) is 18.9 Å². The average molecular weight is 751 g/mol. The predicted octanol–water partition coefficient (Wildman–Crippen LogP) is 7.87. The van der Waals surface area contributed by atoms with E-state index in [0.717, 1.165) is 82.5 Å². The minimum atomic E-state index is -0.979. The van der Waals surface area contributed by atoms with E-state index >= 15 is 0 Å². The minimum absolute atomic E-state index is 0.0499. The molecule has 0 aromatic rings. The van der Waals surface area contributed by atoms with E-state index in [-0.39, 0.29) is 47.7 Å². The van der Waals surface area contributed by atoms with Crippen molar-refractivity contribution >= 4 is 23.9 Å². The van der Waals surface area contributed by atoms with Gasteiger partial charge in [-0.2, -0.15) is 0 Å². The normalized spacial score (nSPS) is 46.9. The standard InChI is InChI=1S/C45H66O9/c1-7-41(4,38(48)52-34-29-18-32-33(19-29)36(46)51-35(32)34)10-11-42(5,39(49)54-45-22-27-13-28(23-45)21-44(50,20-27)24-45)9-8-40(2,3)37(47)53-43(6)30-14-25-12-26(16-30)17-31(43)15-25/h25-35,50H,7-24H2,1-6H3. The van der Waals surface area contributed by atoms with Crippen molar-refractivity contribution in [2.75, 3.05) is 0 Å². The molecule has 9 atom stereocenters. The first-order chi connectivity index (χ1) is 25.3. The first-order valence-electron chi connectivity index (χ1n) is 21.9. The molecule has 0 spiro atoms. The second-order valence-electron chi connectivity index (χ2n) is 22.3. The van der Waals surface area contributed by atoms with Crippen molar-refractivity contribution in [1.29, 1.82) is 0 Å². The van der Waals surface area contributed by atoms with Gasteiger partial charge in [-0.25, -0.2) is 0 Å². The van der Waals surface area contributed by atoms with Gasteiger partial charge >= 0.3 is 23.9 Å². The Morgan fingerprint density at radius 2 is 1.33 bits per heavy atom. The average Bonchev–Trinajstić information content (AvgIpc) is 3.73. The Morgan fingerprint density at radius 1 is 0.741 bits per heavy atom. The van der Waals surface area contributed by atoms with Crippen LogP contribution >= 0.6 is 0 Å². The molecule has 1 heterocycles. The van der Waals surface area contributed by atoms with Crippen LogP contribution < -0.4 is 0 Å². The number of hydrogen-bond donors (Lipinski definition) is 1. The van der Waals surface area contributed by atoms with Crippen molar-refractivity contribution in [2.45, 2.75) is 186 Å². The summed E-state index contributed by atoms with van der Waals surface area (Å²) in [5.74, 6) is 2.49. The van der Waals surface area contributed by atoms with Crippen LogP contribution in [-0.4, -0.2) is 58.0 Å². The predicted molar refractivity (Wildman–Crippen MR) is 198 cm³/mol. The lowest BCUT2D eigenvalue weighted by atomic mass is 9.50. The van der Waals surface area contributed by atoms with Crippen molar-refractivity contribution in [3.8, 4) is 0 Å². The Balaban J connectivity index is 0.913. The summed E-state index contributed by atoms with van der Waals surface area (Å²) in [5, 5.41) is 11.5. The van der Waals surface area contributed by atoms with Crippen molar-refractivity contribution in [2.24, 2.45) is 69.5 Å². The van der Waals surface area contributed by atoms with Gasteiger partial charge in [0.1, 0.15) is 23.4 Å². The van der Waals surface area contributed by atoms with Gasteiger partial charge in [-0.05, 0) is 179 Å². The number of aliphatic hydroxyl groups is 1. The van der Waals surface area contributed by atoms with Crippen LogP contribution in [0.4, 0.5) is 0 Å². The van der Waals surface area contributed by atoms with Crippen LogP contribution in [0.2, 0.25) is 0 Å². The van der Waals surface area contributed by atoms with Gasteiger partial charge in [-0.15, -0.1) is 0 Å². The Bertz CT molecular complexity index is 1540. The number of hydrogen-bond acceptors (Lipinski definition) is 9. The maximum absolute atomic E-state index is 14.7. The third-order valence-electron chi connectivity index (χ3n) is 17.9. The quantitative estimate of drug-likeness (QED) is 0.148. The fourth-order valence-electron chi connectivity index (χ4n) is 14.5. The first-order valence-corrected chi connectivity index (χ1v) is 21.9. The van der Waals surface area contributed by atoms with Gasteiger partial charge in [-0.3, -0.25) is 19.2 Å². The maximum atomic E-state index is 14.7. The molecule has 9 heteroatoms. The SMILES string of the molecule is CCC(C)(CCC(C)(CCC(C)(C)C(=O)OC1(C)C2CC3CC(C2)CC1C3)C(=O)OC12CC3CC(CC(O)(C3)C1)C2)C(=O)OC1C2CC3C(=O)OC1C3C2. The summed E-state index contributed by atoms with van der Waals surface area (Å²) >= 11 is 0. The van der Waals surface area contributed by atoms with E-state index in [1.54, 1.807) is 0 Å². The van der Waals surface area contributed by atoms with E-state index in [2.05, 4.69) is 6.92 Å². The smallest absolute Gasteiger partial charge is 0.312 e. The largest absolute Gasteiger partial charge is 0.459 e. The van der Waals surface area contributed by atoms with E-state index in [9.17, 15) is 24.3 Å². The van der Waals surface area contributed by atoms with E-state index in [0.29, 0.717) is 62.2 Å². The summed E-state index contributed by atoms with van der Waals surface area (Å²) in [6.07, 6.45) is 13.8. The monoisotopic (exact) mass is 750 g/mol. The van der Waals surface area contributed by atoms with Crippen LogP contribution in [0.5, 0.6) is 0 Å². The topological polar surface area (TPSA) is 125 Å². The molecule has 10 saturated carbocycles. The lowest BCUT2D eigenvalue weighted by molar-refractivity contribution is -0.227. The molecule has 54 heavy (non-hydrogen) atoms. The highest BCUT2D eigenvalue weighted by Gasteiger charge is 2.64. The molecule has 9 unspecified atom stereocenters. The molecule has 11 rings (SSSR count). The van der Waals surface area contributed by atoms with Crippen molar-refractivity contribution in [1.82, 2.24) is 0 Å². The van der Waals surface area contributed by atoms with Gasteiger partial charge in [0.2, 0.25) is 0 Å². The van der Waals surface area contributed by atoms with E-state index < -0.39 is 39.2 Å². The maximum Gasteiger partial charge on any atom is 0.312 e. The molecule has 0 radical (unpaired) electrons. The second kappa shape index (κ2) is 12.4. The highest BCUT2D eigenvalue weighted by atomic mass is 16.6. The number of carbonyl (C=O) groups excluding carboxylic acids is 4. The summed E-state index contributed by atoms with van der Waals surface area (Å²) < 4.78 is 25.2. The van der Waals surface area contributed by atoms with Gasteiger partial charge < -0.3 is 24.1 Å². The Kier molecular flexibility index (Phi) is 8.61. The lowest BCUT2D eigenvalue weighted by Crippen LogP contribution is -2.61. The molecule has 1 aliphatic heterocycles. The van der Waals surface area contributed by atoms with Crippen molar-refractivity contribution in [3.63, 3.8) is 0 Å². The third kappa shape index (κ3) is 5.99. The minimum Gasteiger partial charge on any atom is -0.459 e. The molecule has 0 aromatic carbocycles. The summed E-state index contributed by atoms with van der Waals surface area (Å²) in [7, 11) is 0. The molecule has 0 aromatic heterocycles. The number of fused-ring (bicyclic) bond motifs is 1. The molecular formula is C45H66O9. The Labute approximate surface area is 322 Å². The molecule has 11 aliphatic rings. The fourth-order valence-corrected chi connectivity index (χ4v) is 14.5. The number of esters is 4. The highest BCUT2D eigenvalue weighted by Crippen LogP contribution is 2.62. The molecule has 300 valence electrons. The van der Waals surface area contributed by atoms with Crippen molar-refractivity contribution in [3.05, 3.63) is 0 Å². The van der Waals surface area contributed by atoms with E-state index in [1.807, 2.05) is 34.6 Å². The van der Waals surface area contributed by atoms with Gasteiger partial charge in [0.25, 0.3) is 0 Å². The Hall–Kier alpha value is -2.16. The van der Waals surface area contributed by atoms with Crippen LogP contribution in [0.15, 0.2) is 0 Å². The summed E-state index contributed by atoms with van der Waals surface area (Å²) in [6.45, 7) is 12.0. The summed E-state index contributed by atoms with van der Waals surface area (Å²) in [5.41, 5.74) is -4.51. The van der Waals surface area contributed by atoms with Gasteiger partial charge in [0, 0.05) is 18.3 Å². The van der Waals surface area contributed by atoms with Crippen LogP contribution in [0.3, 0.4) is 0 Å². The summed E-state index contributed by atoms with van der Waals surface area (Å²) in [4.78, 5) is 55.4.